The van der Waals surface area contributed by atoms with Crippen molar-refractivity contribution < 1.29 is 22.1 Å². The predicted molar refractivity (Wildman–Crippen MR) is 111 cm³/mol. The summed E-state index contributed by atoms with van der Waals surface area (Å²) in [5.74, 6) is 1.26. The Labute approximate surface area is 180 Å². The summed E-state index contributed by atoms with van der Waals surface area (Å²) in [6.07, 6.45) is 0. The number of hydrogen-bond acceptors (Lipinski definition) is 7. The molecule has 1 aliphatic heterocycles. The summed E-state index contributed by atoms with van der Waals surface area (Å²) in [5, 5.41) is 4.03. The Morgan fingerprint density at radius 3 is 2.45 bits per heavy atom. The van der Waals surface area contributed by atoms with Crippen LogP contribution in [0.15, 0.2) is 51.9 Å². The molecule has 0 amide bonds. The molecule has 0 bridgehead atoms. The van der Waals surface area contributed by atoms with Gasteiger partial charge in [-0.1, -0.05) is 5.16 Å². The summed E-state index contributed by atoms with van der Waals surface area (Å²) in [6, 6.07) is 11.1. The van der Waals surface area contributed by atoms with E-state index in [0.717, 1.165) is 11.3 Å². The lowest BCUT2D eigenvalue weighted by Crippen LogP contribution is -2.48. The van der Waals surface area contributed by atoms with Gasteiger partial charge in [0.2, 0.25) is 21.7 Å². The van der Waals surface area contributed by atoms with Crippen LogP contribution in [-0.4, -0.2) is 61.1 Å². The van der Waals surface area contributed by atoms with Crippen molar-refractivity contribution in [1.29, 1.82) is 0 Å². The second-order valence-electron chi connectivity index (χ2n) is 7.33. The first kappa shape index (κ1) is 21.4. The van der Waals surface area contributed by atoms with E-state index in [1.807, 2.05) is 24.3 Å². The molecule has 0 N–H and O–H groups in total. The van der Waals surface area contributed by atoms with Gasteiger partial charge in [-0.2, -0.15) is 9.29 Å². The molecule has 2 aromatic carbocycles. The first-order valence-corrected chi connectivity index (χ1v) is 11.3. The minimum Gasteiger partial charge on any atom is -0.497 e. The van der Waals surface area contributed by atoms with Crippen LogP contribution >= 0.6 is 0 Å². The molecule has 8 nitrogen and oxygen atoms in total. The lowest BCUT2D eigenvalue weighted by atomic mass is 10.2. The van der Waals surface area contributed by atoms with E-state index in [4.69, 9.17) is 9.26 Å². The first-order valence-electron chi connectivity index (χ1n) is 9.82. The van der Waals surface area contributed by atoms with Gasteiger partial charge in [-0.25, -0.2) is 12.8 Å². The molecule has 0 radical (unpaired) electrons. The number of aromatic nitrogens is 2. The van der Waals surface area contributed by atoms with Crippen LogP contribution in [0.1, 0.15) is 11.5 Å². The number of benzene rings is 2. The Balaban J connectivity index is 1.37. The van der Waals surface area contributed by atoms with Gasteiger partial charge in [0.25, 0.3) is 0 Å². The molecule has 0 saturated carbocycles. The van der Waals surface area contributed by atoms with E-state index in [2.05, 4.69) is 15.0 Å². The first-order chi connectivity index (χ1) is 14.9. The number of methoxy groups -OCH3 is 1. The standard InChI is InChI=1S/C21H23FN4O4S/c1-15-13-17(22)5-8-19(15)31(27,28)26-11-9-25(10-12-26)14-20-23-21(24-30-20)16-3-6-18(29-2)7-4-16/h3-8,13H,9-12,14H2,1-2H3. The lowest BCUT2D eigenvalue weighted by molar-refractivity contribution is 0.163. The Morgan fingerprint density at radius 2 is 1.81 bits per heavy atom. The van der Waals surface area contributed by atoms with Gasteiger partial charge in [-0.3, -0.25) is 4.90 Å². The van der Waals surface area contributed by atoms with E-state index in [1.54, 1.807) is 14.0 Å². The highest BCUT2D eigenvalue weighted by Gasteiger charge is 2.30. The summed E-state index contributed by atoms with van der Waals surface area (Å²) in [6.45, 7) is 3.76. The SMILES string of the molecule is COc1ccc(-c2noc(CN3CCN(S(=O)(=O)c4ccc(F)cc4C)CC3)n2)cc1. The molecule has 2 heterocycles. The molecule has 31 heavy (non-hydrogen) atoms. The summed E-state index contributed by atoms with van der Waals surface area (Å²) >= 11 is 0. The second-order valence-corrected chi connectivity index (χ2v) is 9.24. The zero-order chi connectivity index (χ0) is 22.0. The number of halogens is 1. The normalized spacial score (nSPS) is 15.8. The molecule has 0 aliphatic carbocycles. The van der Waals surface area contributed by atoms with Crippen LogP contribution in [0, 0.1) is 12.7 Å². The van der Waals surface area contributed by atoms with Crippen LogP contribution in [-0.2, 0) is 16.6 Å². The Bertz CT molecular complexity index is 1160. The Kier molecular flexibility index (Phi) is 6.03. The highest BCUT2D eigenvalue weighted by molar-refractivity contribution is 7.89. The van der Waals surface area contributed by atoms with Crippen molar-refractivity contribution in [3.63, 3.8) is 0 Å². The van der Waals surface area contributed by atoms with Crippen LogP contribution < -0.4 is 4.74 Å². The summed E-state index contributed by atoms with van der Waals surface area (Å²) in [7, 11) is -2.06. The molecule has 10 heteroatoms. The van der Waals surface area contributed by atoms with Gasteiger partial charge in [0, 0.05) is 31.7 Å². The molecule has 0 spiro atoms. The molecular formula is C21H23FN4O4S. The maximum Gasteiger partial charge on any atom is 0.243 e. The fourth-order valence-corrected chi connectivity index (χ4v) is 5.17. The number of hydrogen-bond donors (Lipinski definition) is 0. The summed E-state index contributed by atoms with van der Waals surface area (Å²) in [5.41, 5.74) is 1.22. The number of piperazine rings is 1. The lowest BCUT2D eigenvalue weighted by Gasteiger charge is -2.33. The van der Waals surface area contributed by atoms with Gasteiger partial charge >= 0.3 is 0 Å². The van der Waals surface area contributed by atoms with Crippen LogP contribution in [0.5, 0.6) is 5.75 Å². The second kappa shape index (κ2) is 8.74. The van der Waals surface area contributed by atoms with E-state index in [1.165, 1.54) is 22.5 Å². The minimum atomic E-state index is -3.67. The predicted octanol–water partition coefficient (Wildman–Crippen LogP) is 2.70. The molecule has 164 valence electrons. The minimum absolute atomic E-state index is 0.142. The zero-order valence-corrected chi connectivity index (χ0v) is 18.1. The van der Waals surface area contributed by atoms with Gasteiger partial charge in [0.05, 0.1) is 18.6 Å². The van der Waals surface area contributed by atoms with E-state index in [9.17, 15) is 12.8 Å². The monoisotopic (exact) mass is 446 g/mol. The molecular weight excluding hydrogens is 423 g/mol. The van der Waals surface area contributed by atoms with Crippen LogP contribution in [0.2, 0.25) is 0 Å². The van der Waals surface area contributed by atoms with E-state index in [-0.39, 0.29) is 4.90 Å². The smallest absolute Gasteiger partial charge is 0.243 e. The van der Waals surface area contributed by atoms with Crippen molar-refractivity contribution in [1.82, 2.24) is 19.3 Å². The van der Waals surface area contributed by atoms with Crippen molar-refractivity contribution in [2.45, 2.75) is 18.4 Å². The van der Waals surface area contributed by atoms with Crippen molar-refractivity contribution in [2.75, 3.05) is 33.3 Å². The van der Waals surface area contributed by atoms with Crippen LogP contribution in [0.4, 0.5) is 4.39 Å². The topological polar surface area (TPSA) is 88.8 Å². The number of rotatable bonds is 6. The van der Waals surface area contributed by atoms with E-state index >= 15 is 0 Å². The van der Waals surface area contributed by atoms with Gasteiger partial charge in [-0.15, -0.1) is 0 Å². The highest BCUT2D eigenvalue weighted by Crippen LogP contribution is 2.23. The average Bonchev–Trinajstić information content (AvgIpc) is 3.22. The summed E-state index contributed by atoms with van der Waals surface area (Å²) < 4.78 is 51.1. The molecule has 1 aromatic heterocycles. The maximum atomic E-state index is 13.3. The summed E-state index contributed by atoms with van der Waals surface area (Å²) in [4.78, 5) is 6.64. The van der Waals surface area contributed by atoms with Crippen molar-refractivity contribution in [2.24, 2.45) is 0 Å². The van der Waals surface area contributed by atoms with Crippen molar-refractivity contribution in [3.05, 3.63) is 59.7 Å². The molecule has 0 unspecified atom stereocenters. The average molecular weight is 447 g/mol. The number of aryl methyl sites for hydroxylation is 1. The molecule has 0 atom stereocenters. The van der Waals surface area contributed by atoms with Gasteiger partial charge in [0.1, 0.15) is 11.6 Å². The van der Waals surface area contributed by atoms with Crippen LogP contribution in [0.25, 0.3) is 11.4 Å². The maximum absolute atomic E-state index is 13.3. The number of sulfonamides is 1. The molecule has 4 rings (SSSR count). The third kappa shape index (κ3) is 4.60. The molecule has 3 aromatic rings. The largest absolute Gasteiger partial charge is 0.497 e. The quantitative estimate of drug-likeness (QED) is 0.575. The van der Waals surface area contributed by atoms with Gasteiger partial charge in [0.15, 0.2) is 0 Å². The molecule has 1 fully saturated rings. The third-order valence-electron chi connectivity index (χ3n) is 5.26. The zero-order valence-electron chi connectivity index (χ0n) is 17.3. The number of ether oxygens (including phenoxy) is 1. The van der Waals surface area contributed by atoms with Gasteiger partial charge in [-0.05, 0) is 55.0 Å². The van der Waals surface area contributed by atoms with E-state index < -0.39 is 15.8 Å². The van der Waals surface area contributed by atoms with E-state index in [0.29, 0.717) is 50.0 Å². The molecule has 1 aliphatic rings. The third-order valence-corrected chi connectivity index (χ3v) is 7.32. The van der Waals surface area contributed by atoms with Gasteiger partial charge < -0.3 is 9.26 Å². The van der Waals surface area contributed by atoms with Crippen molar-refractivity contribution >= 4 is 10.0 Å². The highest BCUT2D eigenvalue weighted by atomic mass is 32.2. The molecule has 1 saturated heterocycles. The fraction of sp³-hybridized carbons (Fsp3) is 0.333. The van der Waals surface area contributed by atoms with Crippen LogP contribution in [0.3, 0.4) is 0 Å². The Hall–Kier alpha value is -2.82. The Morgan fingerprint density at radius 1 is 1.10 bits per heavy atom. The number of nitrogens with zero attached hydrogens (tertiary/aromatic N) is 4. The fourth-order valence-electron chi connectivity index (χ4n) is 3.54. The van der Waals surface area contributed by atoms with Crippen molar-refractivity contribution in [3.8, 4) is 17.1 Å².